The van der Waals surface area contributed by atoms with Gasteiger partial charge in [-0.25, -0.2) is 0 Å². The Bertz CT molecular complexity index is 467. The van der Waals surface area contributed by atoms with Crippen LogP contribution in [0.5, 0.6) is 0 Å². The predicted octanol–water partition coefficient (Wildman–Crippen LogP) is 3.11. The van der Waals surface area contributed by atoms with Crippen molar-refractivity contribution in [3.63, 3.8) is 0 Å². The molecule has 1 aliphatic rings. The lowest BCUT2D eigenvalue weighted by atomic mass is 9.97. The van der Waals surface area contributed by atoms with Crippen LogP contribution in [0.2, 0.25) is 0 Å². The minimum absolute atomic E-state index is 0.106. The fourth-order valence-corrected chi connectivity index (χ4v) is 3.20. The number of aliphatic hydroxyl groups is 1. The van der Waals surface area contributed by atoms with E-state index in [4.69, 9.17) is 0 Å². The second-order valence-corrected chi connectivity index (χ2v) is 6.23. The topological polar surface area (TPSA) is 40.5 Å². The first-order chi connectivity index (χ1) is 10.0. The summed E-state index contributed by atoms with van der Waals surface area (Å²) in [5.74, 6) is 0.0907. The Balaban J connectivity index is 2.06. The van der Waals surface area contributed by atoms with Crippen molar-refractivity contribution in [3.8, 4) is 0 Å². The summed E-state index contributed by atoms with van der Waals surface area (Å²) in [4.78, 5) is 14.7. The van der Waals surface area contributed by atoms with Gasteiger partial charge in [-0.05, 0) is 50.7 Å². The van der Waals surface area contributed by atoms with Crippen LogP contribution in [0.15, 0.2) is 24.3 Å². The van der Waals surface area contributed by atoms with Crippen molar-refractivity contribution < 1.29 is 9.90 Å². The molecule has 1 fully saturated rings. The van der Waals surface area contributed by atoms with Crippen molar-refractivity contribution in [1.82, 2.24) is 4.90 Å². The van der Waals surface area contributed by atoms with Crippen LogP contribution in [0.3, 0.4) is 0 Å². The van der Waals surface area contributed by atoms with Gasteiger partial charge in [0.15, 0.2) is 0 Å². The van der Waals surface area contributed by atoms with Gasteiger partial charge in [-0.3, -0.25) is 4.79 Å². The highest BCUT2D eigenvalue weighted by atomic mass is 16.3. The molecule has 1 N–H and O–H groups in total. The fraction of sp³-hybridized carbons (Fsp3) is 0.611. The Morgan fingerprint density at radius 1 is 1.33 bits per heavy atom. The number of amides is 1. The molecule has 3 atom stereocenters. The van der Waals surface area contributed by atoms with Crippen molar-refractivity contribution in [2.24, 2.45) is 0 Å². The van der Waals surface area contributed by atoms with Gasteiger partial charge < -0.3 is 10.0 Å². The Labute approximate surface area is 128 Å². The first kappa shape index (κ1) is 16.0. The number of benzene rings is 1. The average molecular weight is 289 g/mol. The molecule has 1 heterocycles. The molecule has 3 heteroatoms. The highest BCUT2D eigenvalue weighted by molar-refractivity contribution is 5.83. The third kappa shape index (κ3) is 3.85. The summed E-state index contributed by atoms with van der Waals surface area (Å²) in [6, 6.07) is 8.56. The van der Waals surface area contributed by atoms with E-state index in [0.717, 1.165) is 31.4 Å². The molecule has 1 aromatic carbocycles. The number of aryl methyl sites for hydroxylation is 1. The van der Waals surface area contributed by atoms with E-state index in [2.05, 4.69) is 31.2 Å². The highest BCUT2D eigenvalue weighted by Gasteiger charge is 2.32. The van der Waals surface area contributed by atoms with Crippen LogP contribution >= 0.6 is 0 Å². The van der Waals surface area contributed by atoms with E-state index in [1.807, 2.05) is 11.8 Å². The summed E-state index contributed by atoms with van der Waals surface area (Å²) in [6.07, 6.45) is 3.42. The summed E-state index contributed by atoms with van der Waals surface area (Å²) < 4.78 is 0. The van der Waals surface area contributed by atoms with Crippen LogP contribution in [-0.4, -0.2) is 34.6 Å². The maximum Gasteiger partial charge on any atom is 0.230 e. The molecule has 2 rings (SSSR count). The second-order valence-electron chi connectivity index (χ2n) is 6.23. The standard InChI is InChI=1S/C18H27NO2/c1-4-15-7-9-16(10-8-15)14(3)18(21)19-11-5-6-17(19)12-13(2)20/h7-10,13-14,17,20H,4-6,11-12H2,1-3H3. The van der Waals surface area contributed by atoms with Gasteiger partial charge in [0, 0.05) is 12.6 Å². The zero-order chi connectivity index (χ0) is 15.4. The Hall–Kier alpha value is -1.35. The van der Waals surface area contributed by atoms with Crippen molar-refractivity contribution in [3.05, 3.63) is 35.4 Å². The first-order valence-corrected chi connectivity index (χ1v) is 8.10. The second kappa shape index (κ2) is 7.08. The van der Waals surface area contributed by atoms with E-state index in [-0.39, 0.29) is 24.0 Å². The van der Waals surface area contributed by atoms with Crippen LogP contribution in [0, 0.1) is 0 Å². The van der Waals surface area contributed by atoms with Crippen molar-refractivity contribution in [2.45, 2.75) is 64.5 Å². The van der Waals surface area contributed by atoms with Gasteiger partial charge in [0.2, 0.25) is 5.91 Å². The van der Waals surface area contributed by atoms with Crippen LogP contribution in [0.1, 0.15) is 57.1 Å². The normalized spacial score (nSPS) is 21.3. The average Bonchev–Trinajstić information content (AvgIpc) is 2.93. The number of nitrogens with zero attached hydrogens (tertiary/aromatic N) is 1. The molecule has 0 radical (unpaired) electrons. The van der Waals surface area contributed by atoms with E-state index >= 15 is 0 Å². The Morgan fingerprint density at radius 2 is 2.00 bits per heavy atom. The third-order valence-corrected chi connectivity index (χ3v) is 4.53. The monoisotopic (exact) mass is 289 g/mol. The number of aliphatic hydroxyl groups excluding tert-OH is 1. The van der Waals surface area contributed by atoms with Crippen molar-refractivity contribution >= 4 is 5.91 Å². The fourth-order valence-electron chi connectivity index (χ4n) is 3.20. The molecule has 1 aromatic rings. The number of hydrogen-bond acceptors (Lipinski definition) is 2. The molecule has 3 nitrogen and oxygen atoms in total. The molecule has 0 aromatic heterocycles. The third-order valence-electron chi connectivity index (χ3n) is 4.53. The minimum atomic E-state index is -0.345. The van der Waals surface area contributed by atoms with Crippen LogP contribution < -0.4 is 0 Å². The summed E-state index contributed by atoms with van der Waals surface area (Å²) >= 11 is 0. The largest absolute Gasteiger partial charge is 0.393 e. The maximum absolute atomic E-state index is 12.7. The molecule has 0 spiro atoms. The van der Waals surface area contributed by atoms with Crippen molar-refractivity contribution in [2.75, 3.05) is 6.54 Å². The lowest BCUT2D eigenvalue weighted by Crippen LogP contribution is -2.39. The van der Waals surface area contributed by atoms with Crippen LogP contribution in [0.4, 0.5) is 0 Å². The molecule has 3 unspecified atom stereocenters. The van der Waals surface area contributed by atoms with E-state index in [0.29, 0.717) is 6.42 Å². The molecule has 21 heavy (non-hydrogen) atoms. The molecule has 1 aliphatic heterocycles. The van der Waals surface area contributed by atoms with E-state index < -0.39 is 0 Å². The SMILES string of the molecule is CCc1ccc(C(C)C(=O)N2CCCC2CC(C)O)cc1. The Morgan fingerprint density at radius 3 is 2.57 bits per heavy atom. The van der Waals surface area contributed by atoms with Crippen molar-refractivity contribution in [1.29, 1.82) is 0 Å². The molecule has 1 saturated heterocycles. The quantitative estimate of drug-likeness (QED) is 0.905. The van der Waals surface area contributed by atoms with Gasteiger partial charge in [-0.1, -0.05) is 31.2 Å². The van der Waals surface area contributed by atoms with Gasteiger partial charge in [0.05, 0.1) is 12.0 Å². The number of carbonyl (C=O) groups excluding carboxylic acids is 1. The molecule has 1 amide bonds. The molecular weight excluding hydrogens is 262 g/mol. The lowest BCUT2D eigenvalue weighted by molar-refractivity contribution is -0.133. The van der Waals surface area contributed by atoms with E-state index in [1.165, 1.54) is 5.56 Å². The zero-order valence-corrected chi connectivity index (χ0v) is 13.4. The summed E-state index contributed by atoms with van der Waals surface area (Å²) in [5, 5.41) is 9.59. The maximum atomic E-state index is 12.7. The minimum Gasteiger partial charge on any atom is -0.393 e. The summed E-state index contributed by atoms with van der Waals surface area (Å²) in [5.41, 5.74) is 2.38. The first-order valence-electron chi connectivity index (χ1n) is 8.10. The smallest absolute Gasteiger partial charge is 0.230 e. The highest BCUT2D eigenvalue weighted by Crippen LogP contribution is 2.27. The number of carbonyl (C=O) groups is 1. The van der Waals surface area contributed by atoms with Gasteiger partial charge in [-0.2, -0.15) is 0 Å². The molecule has 0 aliphatic carbocycles. The lowest BCUT2D eigenvalue weighted by Gasteiger charge is -2.28. The predicted molar refractivity (Wildman–Crippen MR) is 85.3 cm³/mol. The molecular formula is C18H27NO2. The molecule has 0 saturated carbocycles. The number of hydrogen-bond donors (Lipinski definition) is 1. The van der Waals surface area contributed by atoms with Gasteiger partial charge in [0.1, 0.15) is 0 Å². The number of rotatable bonds is 5. The molecule has 0 bridgehead atoms. The van der Waals surface area contributed by atoms with E-state index in [9.17, 15) is 9.90 Å². The Kier molecular flexibility index (Phi) is 5.40. The van der Waals surface area contributed by atoms with Gasteiger partial charge >= 0.3 is 0 Å². The number of likely N-dealkylation sites (tertiary alicyclic amines) is 1. The summed E-state index contributed by atoms with van der Waals surface area (Å²) in [7, 11) is 0. The molecule has 116 valence electrons. The van der Waals surface area contributed by atoms with E-state index in [1.54, 1.807) is 6.92 Å². The summed E-state index contributed by atoms with van der Waals surface area (Å²) in [6.45, 7) is 6.75. The van der Waals surface area contributed by atoms with Gasteiger partial charge in [-0.15, -0.1) is 0 Å². The zero-order valence-electron chi connectivity index (χ0n) is 13.4. The van der Waals surface area contributed by atoms with Gasteiger partial charge in [0.25, 0.3) is 0 Å². The van der Waals surface area contributed by atoms with Crippen LogP contribution in [-0.2, 0) is 11.2 Å². The van der Waals surface area contributed by atoms with Crippen LogP contribution in [0.25, 0.3) is 0 Å².